The second kappa shape index (κ2) is 8.05. The summed E-state index contributed by atoms with van der Waals surface area (Å²) < 4.78 is 2.18. The Labute approximate surface area is 164 Å². The van der Waals surface area contributed by atoms with E-state index >= 15 is 0 Å². The number of hydrogen-bond acceptors (Lipinski definition) is 4. The average Bonchev–Trinajstić information content (AvgIpc) is 3.22. The molecule has 1 unspecified atom stereocenters. The van der Waals surface area contributed by atoms with Gasteiger partial charge in [-0.15, -0.1) is 0 Å². The van der Waals surface area contributed by atoms with Crippen molar-refractivity contribution in [2.24, 2.45) is 0 Å². The number of rotatable bonds is 4. The average molecular weight is 371 g/mol. The molecular weight excluding hydrogens is 350 g/mol. The van der Waals surface area contributed by atoms with Crippen LogP contribution in [0.3, 0.4) is 0 Å². The molecule has 1 atom stereocenters. The zero-order valence-electron chi connectivity index (χ0n) is 15.5. The van der Waals surface area contributed by atoms with Crippen molar-refractivity contribution in [2.45, 2.75) is 25.3 Å². The van der Waals surface area contributed by atoms with Gasteiger partial charge >= 0.3 is 0 Å². The number of nitriles is 1. The topological polar surface area (TPSA) is 74.8 Å². The van der Waals surface area contributed by atoms with E-state index < -0.39 is 0 Å². The number of amides is 1. The van der Waals surface area contributed by atoms with Crippen molar-refractivity contribution in [3.63, 3.8) is 0 Å². The van der Waals surface area contributed by atoms with Crippen molar-refractivity contribution in [2.75, 3.05) is 13.1 Å². The molecule has 0 aliphatic carbocycles. The van der Waals surface area contributed by atoms with Crippen LogP contribution in [-0.4, -0.2) is 38.4 Å². The minimum absolute atomic E-state index is 0.0390. The summed E-state index contributed by atoms with van der Waals surface area (Å²) in [7, 11) is 0. The molecule has 1 fully saturated rings. The fourth-order valence-corrected chi connectivity index (χ4v) is 3.74. The Morgan fingerprint density at radius 3 is 2.79 bits per heavy atom. The molecule has 1 amide bonds. The van der Waals surface area contributed by atoms with Gasteiger partial charge in [-0.1, -0.05) is 30.3 Å². The van der Waals surface area contributed by atoms with E-state index in [0.717, 1.165) is 31.8 Å². The molecule has 1 saturated heterocycles. The normalized spacial score (nSPS) is 16.5. The van der Waals surface area contributed by atoms with Crippen molar-refractivity contribution in [1.29, 1.82) is 5.26 Å². The molecule has 3 aromatic rings. The van der Waals surface area contributed by atoms with Gasteiger partial charge in [-0.05, 0) is 30.5 Å². The van der Waals surface area contributed by atoms with Crippen LogP contribution in [0.2, 0.25) is 0 Å². The maximum Gasteiger partial charge on any atom is 0.255 e. The summed E-state index contributed by atoms with van der Waals surface area (Å²) in [6, 6.07) is 15.6. The van der Waals surface area contributed by atoms with E-state index in [4.69, 9.17) is 5.26 Å². The van der Waals surface area contributed by atoms with Gasteiger partial charge in [-0.25, -0.2) is 9.97 Å². The molecule has 0 radical (unpaired) electrons. The fourth-order valence-electron chi connectivity index (χ4n) is 3.74. The van der Waals surface area contributed by atoms with Crippen molar-refractivity contribution in [3.05, 3.63) is 83.7 Å². The summed E-state index contributed by atoms with van der Waals surface area (Å²) >= 11 is 0. The molecular formula is C22H21N5O. The zero-order valence-corrected chi connectivity index (χ0v) is 15.5. The minimum atomic E-state index is -0.0390. The summed E-state index contributed by atoms with van der Waals surface area (Å²) in [6.07, 6.45) is 7.29. The second-order valence-corrected chi connectivity index (χ2v) is 7.03. The van der Waals surface area contributed by atoms with Crippen LogP contribution in [0.15, 0.2) is 61.1 Å². The zero-order chi connectivity index (χ0) is 19.3. The van der Waals surface area contributed by atoms with Crippen LogP contribution in [0.1, 0.15) is 46.2 Å². The quantitative estimate of drug-likeness (QED) is 0.706. The van der Waals surface area contributed by atoms with Crippen LogP contribution in [-0.2, 0) is 6.54 Å². The molecule has 1 aliphatic heterocycles. The molecule has 0 bridgehead atoms. The Kier molecular flexibility index (Phi) is 5.16. The molecule has 2 aromatic heterocycles. The number of imidazole rings is 1. The molecule has 28 heavy (non-hydrogen) atoms. The van der Waals surface area contributed by atoms with Crippen molar-refractivity contribution >= 4 is 5.91 Å². The number of hydrogen-bond donors (Lipinski definition) is 0. The van der Waals surface area contributed by atoms with Gasteiger partial charge < -0.3 is 9.47 Å². The molecule has 0 saturated carbocycles. The minimum Gasteiger partial charge on any atom is -0.338 e. The Hall–Kier alpha value is -3.46. The van der Waals surface area contributed by atoms with E-state index in [1.807, 2.05) is 41.6 Å². The molecule has 3 heterocycles. The lowest BCUT2D eigenvalue weighted by molar-refractivity contribution is 0.0703. The first-order valence-electron chi connectivity index (χ1n) is 9.45. The number of carbonyl (C=O) groups is 1. The van der Waals surface area contributed by atoms with Crippen LogP contribution in [0.4, 0.5) is 0 Å². The summed E-state index contributed by atoms with van der Waals surface area (Å²) in [5, 5.41) is 8.87. The molecule has 1 aliphatic rings. The second-order valence-electron chi connectivity index (χ2n) is 7.03. The highest BCUT2D eigenvalue weighted by molar-refractivity contribution is 5.94. The molecule has 1 aromatic carbocycles. The highest BCUT2D eigenvalue weighted by Crippen LogP contribution is 2.27. The number of benzene rings is 1. The summed E-state index contributed by atoms with van der Waals surface area (Å²) in [4.78, 5) is 23.4. The largest absolute Gasteiger partial charge is 0.338 e. The number of aromatic nitrogens is 3. The number of piperidine rings is 1. The number of carbonyl (C=O) groups excluding carboxylic acids is 1. The van der Waals surface area contributed by atoms with E-state index in [-0.39, 0.29) is 11.8 Å². The van der Waals surface area contributed by atoms with E-state index in [1.165, 1.54) is 11.8 Å². The Bertz CT molecular complexity index is 988. The van der Waals surface area contributed by atoms with Crippen LogP contribution in [0.5, 0.6) is 0 Å². The maximum atomic E-state index is 12.9. The van der Waals surface area contributed by atoms with Crippen LogP contribution in [0.25, 0.3) is 0 Å². The van der Waals surface area contributed by atoms with Crippen molar-refractivity contribution in [3.8, 4) is 6.07 Å². The Morgan fingerprint density at radius 2 is 2.04 bits per heavy atom. The van der Waals surface area contributed by atoms with Gasteiger partial charge in [0, 0.05) is 44.1 Å². The van der Waals surface area contributed by atoms with Crippen molar-refractivity contribution in [1.82, 2.24) is 19.4 Å². The predicted molar refractivity (Wildman–Crippen MR) is 105 cm³/mol. The fraction of sp³-hybridized carbons (Fsp3) is 0.273. The molecule has 140 valence electrons. The number of nitrogens with zero attached hydrogens (tertiary/aromatic N) is 5. The maximum absolute atomic E-state index is 12.9. The monoisotopic (exact) mass is 371 g/mol. The molecule has 0 N–H and O–H groups in total. The van der Waals surface area contributed by atoms with E-state index in [2.05, 4.69) is 26.7 Å². The highest BCUT2D eigenvalue weighted by Gasteiger charge is 2.28. The van der Waals surface area contributed by atoms with Gasteiger partial charge in [-0.3, -0.25) is 4.79 Å². The third-order valence-corrected chi connectivity index (χ3v) is 5.14. The smallest absolute Gasteiger partial charge is 0.255 e. The molecule has 0 spiro atoms. The van der Waals surface area contributed by atoms with Gasteiger partial charge in [0.15, 0.2) is 0 Å². The van der Waals surface area contributed by atoms with E-state index in [0.29, 0.717) is 17.8 Å². The van der Waals surface area contributed by atoms with Gasteiger partial charge in [0.05, 0.1) is 5.56 Å². The van der Waals surface area contributed by atoms with Gasteiger partial charge in [0.25, 0.3) is 5.91 Å². The first-order valence-corrected chi connectivity index (χ1v) is 9.45. The first kappa shape index (κ1) is 17.9. The molecule has 4 rings (SSSR count). The van der Waals surface area contributed by atoms with E-state index in [1.54, 1.807) is 12.1 Å². The number of likely N-dealkylation sites (tertiary alicyclic amines) is 1. The summed E-state index contributed by atoms with van der Waals surface area (Å²) in [5.41, 5.74) is 2.07. The van der Waals surface area contributed by atoms with Gasteiger partial charge in [0.1, 0.15) is 17.6 Å². The number of pyridine rings is 1. The Morgan fingerprint density at radius 1 is 1.18 bits per heavy atom. The third-order valence-electron chi connectivity index (χ3n) is 5.14. The summed E-state index contributed by atoms with van der Waals surface area (Å²) in [5.74, 6) is 1.20. The highest BCUT2D eigenvalue weighted by atomic mass is 16.2. The predicted octanol–water partition coefficient (Wildman–Crippen LogP) is 3.22. The van der Waals surface area contributed by atoms with Gasteiger partial charge in [-0.2, -0.15) is 5.26 Å². The lowest BCUT2D eigenvalue weighted by Gasteiger charge is -2.32. The van der Waals surface area contributed by atoms with Gasteiger partial charge in [0.2, 0.25) is 0 Å². The lowest BCUT2D eigenvalue weighted by atomic mass is 9.96. The van der Waals surface area contributed by atoms with E-state index in [9.17, 15) is 4.79 Å². The van der Waals surface area contributed by atoms with Crippen LogP contribution >= 0.6 is 0 Å². The van der Waals surface area contributed by atoms with Crippen LogP contribution in [0, 0.1) is 11.3 Å². The SMILES string of the molecule is N#Cc1ccc(C(=O)N2CCCC(c3nccn3Cc3ccccc3)C2)cn1. The molecule has 6 nitrogen and oxygen atoms in total. The molecule has 6 heteroatoms. The standard InChI is InChI=1S/C22H21N5O/c23-13-20-9-8-18(14-25-20)22(28)27-11-4-7-19(16-27)21-24-10-12-26(21)15-17-5-2-1-3-6-17/h1-3,5-6,8-10,12,14,19H,4,7,11,15-16H2. The lowest BCUT2D eigenvalue weighted by Crippen LogP contribution is -2.39. The first-order chi connectivity index (χ1) is 13.7. The third kappa shape index (κ3) is 3.79. The Balaban J connectivity index is 1.49. The van der Waals surface area contributed by atoms with Crippen LogP contribution < -0.4 is 0 Å². The van der Waals surface area contributed by atoms with Crippen molar-refractivity contribution < 1.29 is 4.79 Å². The summed E-state index contributed by atoms with van der Waals surface area (Å²) in [6.45, 7) is 2.15.